The zero-order valence-electron chi connectivity index (χ0n) is 19.7. The maximum atomic E-state index is 14.1. The molecule has 182 valence electrons. The Morgan fingerprint density at radius 1 is 1.11 bits per heavy atom. The second kappa shape index (κ2) is 8.74. The Labute approximate surface area is 210 Å². The molecule has 0 unspecified atom stereocenters. The van der Waals surface area contributed by atoms with Crippen LogP contribution in [0.3, 0.4) is 0 Å². The molecule has 2 aromatic heterocycles. The quantitative estimate of drug-likeness (QED) is 0.315. The van der Waals surface area contributed by atoms with Gasteiger partial charge in [0.15, 0.2) is 11.6 Å². The first-order valence-electron chi connectivity index (χ1n) is 11.6. The van der Waals surface area contributed by atoms with Gasteiger partial charge in [-0.3, -0.25) is 9.36 Å². The molecule has 4 aromatic rings. The highest BCUT2D eigenvalue weighted by Gasteiger charge is 2.37. The van der Waals surface area contributed by atoms with E-state index in [1.807, 2.05) is 43.5 Å². The molecule has 0 spiro atoms. The van der Waals surface area contributed by atoms with E-state index < -0.39 is 17.7 Å². The lowest BCUT2D eigenvalue weighted by atomic mass is 10.0. The monoisotopic (exact) mass is 504 g/mol. The van der Waals surface area contributed by atoms with E-state index in [-0.39, 0.29) is 5.91 Å². The molecule has 6 rings (SSSR count). The third kappa shape index (κ3) is 3.65. The largest absolute Gasteiger partial charge is 0.361 e. The molecule has 0 N–H and O–H groups in total. The fraction of sp³-hybridized carbons (Fsp3) is 0.222. The van der Waals surface area contributed by atoms with Gasteiger partial charge < -0.3 is 9.42 Å². The van der Waals surface area contributed by atoms with Gasteiger partial charge in [-0.15, -0.1) is 11.8 Å². The summed E-state index contributed by atoms with van der Waals surface area (Å²) in [4.78, 5) is 19.5. The van der Waals surface area contributed by atoms with Gasteiger partial charge in [0, 0.05) is 35.2 Å². The molecule has 2 aromatic carbocycles. The lowest BCUT2D eigenvalue weighted by molar-refractivity contribution is -0.117. The van der Waals surface area contributed by atoms with Crippen LogP contribution >= 0.6 is 11.8 Å². The normalized spacial score (nSPS) is 17.9. The molecule has 2 aliphatic heterocycles. The van der Waals surface area contributed by atoms with Crippen molar-refractivity contribution in [3.8, 4) is 11.1 Å². The molecular formula is C27H22F2N4O2S. The zero-order valence-corrected chi connectivity index (χ0v) is 20.5. The molecule has 2 aliphatic rings. The van der Waals surface area contributed by atoms with E-state index in [9.17, 15) is 13.6 Å². The first-order valence-corrected chi connectivity index (χ1v) is 12.7. The third-order valence-electron chi connectivity index (χ3n) is 6.68. The number of carbonyl (C=O) groups excluding carboxylic acids is 1. The van der Waals surface area contributed by atoms with Gasteiger partial charge in [0.25, 0.3) is 0 Å². The van der Waals surface area contributed by atoms with Crippen molar-refractivity contribution in [2.24, 2.45) is 0 Å². The van der Waals surface area contributed by atoms with Crippen LogP contribution in [0, 0.1) is 25.5 Å². The fourth-order valence-electron chi connectivity index (χ4n) is 5.07. The summed E-state index contributed by atoms with van der Waals surface area (Å²) in [6.45, 7) is 3.78. The number of allylic oxidation sites excluding steroid dienone is 2. The number of thioether (sulfide) groups is 1. The molecule has 1 atom stereocenters. The van der Waals surface area contributed by atoms with Crippen molar-refractivity contribution >= 4 is 40.1 Å². The molecule has 1 saturated heterocycles. The van der Waals surface area contributed by atoms with E-state index in [1.54, 1.807) is 11.8 Å². The standard InChI is InChI=1S/C27H22F2N4O2S/c1-15-26(16(2)35-31-15)17-3-6-23-22(13-17)30-27(33(23)18-9-11-36-12-10-18)24-7-8-25(34)32(24)19-4-5-20(28)21(29)14-19/h3-6,9-11,13-14,24H,7-8,12H2,1-2H3/t24-/m0/s1. The molecule has 1 amide bonds. The van der Waals surface area contributed by atoms with E-state index >= 15 is 0 Å². The summed E-state index contributed by atoms with van der Waals surface area (Å²) in [5.74, 6) is 0.143. The van der Waals surface area contributed by atoms with E-state index in [0.717, 1.165) is 57.2 Å². The molecule has 6 nitrogen and oxygen atoms in total. The Balaban J connectivity index is 1.54. The van der Waals surface area contributed by atoms with Crippen LogP contribution in [0.1, 0.15) is 36.2 Å². The van der Waals surface area contributed by atoms with Crippen LogP contribution < -0.4 is 4.90 Å². The number of amides is 1. The summed E-state index contributed by atoms with van der Waals surface area (Å²) in [5.41, 5.74) is 5.61. The average molecular weight is 505 g/mol. The second-order valence-electron chi connectivity index (χ2n) is 8.89. The van der Waals surface area contributed by atoms with Crippen molar-refractivity contribution in [1.82, 2.24) is 14.7 Å². The molecule has 9 heteroatoms. The highest BCUT2D eigenvalue weighted by atomic mass is 32.2. The number of nitrogens with zero attached hydrogens (tertiary/aromatic N) is 4. The number of fused-ring (bicyclic) bond motifs is 1. The Morgan fingerprint density at radius 2 is 1.97 bits per heavy atom. The van der Waals surface area contributed by atoms with E-state index in [0.29, 0.717) is 24.4 Å². The predicted molar refractivity (Wildman–Crippen MR) is 136 cm³/mol. The van der Waals surface area contributed by atoms with Crippen LogP contribution in [-0.4, -0.2) is 26.4 Å². The number of aromatic nitrogens is 3. The van der Waals surface area contributed by atoms with Crippen molar-refractivity contribution in [3.05, 3.63) is 82.9 Å². The summed E-state index contributed by atoms with van der Waals surface area (Å²) in [6, 6.07) is 9.17. The van der Waals surface area contributed by atoms with Crippen LogP contribution in [-0.2, 0) is 4.79 Å². The molecule has 36 heavy (non-hydrogen) atoms. The van der Waals surface area contributed by atoms with Gasteiger partial charge in [0.05, 0.1) is 22.8 Å². The molecule has 4 heterocycles. The summed E-state index contributed by atoms with van der Waals surface area (Å²) >= 11 is 1.69. The van der Waals surface area contributed by atoms with Gasteiger partial charge in [-0.1, -0.05) is 11.2 Å². The second-order valence-corrected chi connectivity index (χ2v) is 9.83. The number of benzene rings is 2. The van der Waals surface area contributed by atoms with Crippen molar-refractivity contribution in [1.29, 1.82) is 0 Å². The smallest absolute Gasteiger partial charge is 0.227 e. The number of aryl methyl sites for hydroxylation is 2. The number of halogens is 2. The van der Waals surface area contributed by atoms with Crippen LogP contribution in [0.15, 0.2) is 58.5 Å². The number of carbonyl (C=O) groups is 1. The lowest BCUT2D eigenvalue weighted by Gasteiger charge is -2.26. The van der Waals surface area contributed by atoms with Gasteiger partial charge in [0.2, 0.25) is 5.91 Å². The predicted octanol–water partition coefficient (Wildman–Crippen LogP) is 6.56. The minimum absolute atomic E-state index is 0.148. The minimum Gasteiger partial charge on any atom is -0.361 e. The van der Waals surface area contributed by atoms with E-state index in [1.165, 1.54) is 11.0 Å². The Hall–Kier alpha value is -3.72. The third-order valence-corrected chi connectivity index (χ3v) is 7.36. The maximum Gasteiger partial charge on any atom is 0.227 e. The molecule has 1 fully saturated rings. The maximum absolute atomic E-state index is 14.1. The van der Waals surface area contributed by atoms with Crippen molar-refractivity contribution in [2.75, 3.05) is 10.7 Å². The van der Waals surface area contributed by atoms with E-state index in [4.69, 9.17) is 9.51 Å². The van der Waals surface area contributed by atoms with Gasteiger partial charge >= 0.3 is 0 Å². The first kappa shape index (κ1) is 22.7. The molecular weight excluding hydrogens is 482 g/mol. The number of rotatable bonds is 4. The Morgan fingerprint density at radius 3 is 2.69 bits per heavy atom. The van der Waals surface area contributed by atoms with Crippen LogP contribution in [0.25, 0.3) is 27.9 Å². The van der Waals surface area contributed by atoms with Crippen molar-refractivity contribution in [3.63, 3.8) is 0 Å². The Kier molecular flexibility index (Phi) is 5.52. The summed E-state index contributed by atoms with van der Waals surface area (Å²) in [5, 5.41) is 6.11. The first-order chi connectivity index (χ1) is 17.4. The molecule has 0 saturated carbocycles. The van der Waals surface area contributed by atoms with Crippen LogP contribution in [0.2, 0.25) is 0 Å². The van der Waals surface area contributed by atoms with E-state index in [2.05, 4.69) is 15.8 Å². The highest BCUT2D eigenvalue weighted by molar-refractivity contribution is 8.02. The van der Waals surface area contributed by atoms with Gasteiger partial charge in [0.1, 0.15) is 11.6 Å². The summed E-state index contributed by atoms with van der Waals surface area (Å²) in [6.07, 6.45) is 4.96. The summed E-state index contributed by atoms with van der Waals surface area (Å²) < 4.78 is 35.2. The molecule has 0 aliphatic carbocycles. The van der Waals surface area contributed by atoms with Gasteiger partial charge in [-0.05, 0) is 67.7 Å². The SMILES string of the molecule is Cc1noc(C)c1-c1ccc2c(c1)nc([C@@H]1CCC(=O)N1c1ccc(F)c(F)c1)n2C1=CCSC=C1. The van der Waals surface area contributed by atoms with Gasteiger partial charge in [-0.2, -0.15) is 0 Å². The van der Waals surface area contributed by atoms with Crippen LogP contribution in [0.4, 0.5) is 14.5 Å². The number of imidazole rings is 1. The van der Waals surface area contributed by atoms with Gasteiger partial charge in [-0.25, -0.2) is 13.8 Å². The Bertz CT molecular complexity index is 1570. The highest BCUT2D eigenvalue weighted by Crippen LogP contribution is 2.40. The lowest BCUT2D eigenvalue weighted by Crippen LogP contribution is -2.29. The summed E-state index contributed by atoms with van der Waals surface area (Å²) in [7, 11) is 0. The molecule has 0 radical (unpaired) electrons. The topological polar surface area (TPSA) is 64.2 Å². The average Bonchev–Trinajstić information content (AvgIpc) is 3.55. The minimum atomic E-state index is -0.987. The molecule has 0 bridgehead atoms. The van der Waals surface area contributed by atoms with Crippen molar-refractivity contribution < 1.29 is 18.1 Å². The zero-order chi connectivity index (χ0) is 25.0. The number of hydrogen-bond acceptors (Lipinski definition) is 5. The van der Waals surface area contributed by atoms with Crippen LogP contribution in [0.5, 0.6) is 0 Å². The number of anilines is 1. The fourth-order valence-corrected chi connectivity index (χ4v) is 5.69. The van der Waals surface area contributed by atoms with Crippen molar-refractivity contribution in [2.45, 2.75) is 32.7 Å². The number of hydrogen-bond donors (Lipinski definition) is 0.